The van der Waals surface area contributed by atoms with E-state index in [1.807, 2.05) is 24.3 Å². The minimum Gasteiger partial charge on any atom is -0.207 e. The van der Waals surface area contributed by atoms with Crippen LogP contribution in [0.4, 0.5) is 4.39 Å². The molecule has 1 atom stereocenters. The summed E-state index contributed by atoms with van der Waals surface area (Å²) in [5.74, 6) is -0.303. The van der Waals surface area contributed by atoms with Crippen LogP contribution in [0.2, 0.25) is 0 Å². The van der Waals surface area contributed by atoms with Crippen molar-refractivity contribution in [2.45, 2.75) is 5.38 Å². The first-order chi connectivity index (χ1) is 8.09. The molecule has 0 heterocycles. The molecule has 0 amide bonds. The van der Waals surface area contributed by atoms with Crippen molar-refractivity contribution in [3.8, 4) is 0 Å². The van der Waals surface area contributed by atoms with E-state index in [1.54, 1.807) is 12.1 Å². The molecule has 2 aromatic carbocycles. The summed E-state index contributed by atoms with van der Waals surface area (Å²) in [7, 11) is 0. The lowest BCUT2D eigenvalue weighted by molar-refractivity contribution is 0.611. The Kier molecular flexibility index (Phi) is 4.23. The number of alkyl halides is 1. The molecule has 0 aliphatic rings. The van der Waals surface area contributed by atoms with E-state index in [9.17, 15) is 4.39 Å². The first-order valence-electron chi connectivity index (χ1n) is 4.93. The van der Waals surface area contributed by atoms with Gasteiger partial charge in [0.25, 0.3) is 0 Å². The fraction of sp³-hybridized carbons (Fsp3) is 0.0769. The Balaban J connectivity index is 2.43. The second-order valence-electron chi connectivity index (χ2n) is 3.55. The highest BCUT2D eigenvalue weighted by atomic mass is 79.9. The van der Waals surface area contributed by atoms with Crippen LogP contribution in [0.3, 0.4) is 0 Å². The van der Waals surface area contributed by atoms with Crippen LogP contribution >= 0.6 is 43.5 Å². The van der Waals surface area contributed by atoms with Crippen molar-refractivity contribution in [3.63, 3.8) is 0 Å². The van der Waals surface area contributed by atoms with Crippen LogP contribution in [0.5, 0.6) is 0 Å². The quantitative estimate of drug-likeness (QED) is 0.590. The molecule has 0 spiro atoms. The van der Waals surface area contributed by atoms with Crippen molar-refractivity contribution >= 4 is 43.5 Å². The van der Waals surface area contributed by atoms with Gasteiger partial charge in [0.1, 0.15) is 5.82 Å². The van der Waals surface area contributed by atoms with Crippen molar-refractivity contribution in [2.75, 3.05) is 0 Å². The molecular formula is C13H8Br2ClF. The highest BCUT2D eigenvalue weighted by Crippen LogP contribution is 2.35. The smallest absolute Gasteiger partial charge is 0.129 e. The summed E-state index contributed by atoms with van der Waals surface area (Å²) in [4.78, 5) is 0. The number of hydrogen-bond acceptors (Lipinski definition) is 0. The summed E-state index contributed by atoms with van der Waals surface area (Å²) < 4.78 is 15.4. The fourth-order valence-corrected chi connectivity index (χ4v) is 2.89. The summed E-state index contributed by atoms with van der Waals surface area (Å²) in [5.41, 5.74) is 1.33. The maximum atomic E-state index is 13.7. The van der Waals surface area contributed by atoms with Crippen LogP contribution < -0.4 is 0 Å². The molecule has 0 fully saturated rings. The van der Waals surface area contributed by atoms with Crippen molar-refractivity contribution in [1.82, 2.24) is 0 Å². The molecule has 0 aliphatic heterocycles. The molecule has 2 rings (SSSR count). The molecule has 88 valence electrons. The van der Waals surface area contributed by atoms with Crippen LogP contribution in [0.25, 0.3) is 0 Å². The standard InChI is InChI=1S/C13H8Br2ClF/c14-9-6-4-8(5-7-9)13(16)12-10(15)2-1-3-11(12)17/h1-7,13H. The van der Waals surface area contributed by atoms with Gasteiger partial charge in [-0.15, -0.1) is 11.6 Å². The number of hydrogen-bond donors (Lipinski definition) is 0. The Labute approximate surface area is 121 Å². The highest BCUT2D eigenvalue weighted by Gasteiger charge is 2.17. The topological polar surface area (TPSA) is 0 Å². The molecule has 0 nitrogen and oxygen atoms in total. The van der Waals surface area contributed by atoms with Gasteiger partial charge in [-0.3, -0.25) is 0 Å². The summed E-state index contributed by atoms with van der Waals surface area (Å²) in [6.07, 6.45) is 0. The lowest BCUT2D eigenvalue weighted by Crippen LogP contribution is -1.98. The molecule has 0 N–H and O–H groups in total. The Hall–Kier alpha value is -0.380. The maximum absolute atomic E-state index is 13.7. The molecule has 0 aliphatic carbocycles. The van der Waals surface area contributed by atoms with Gasteiger partial charge in [-0.1, -0.05) is 50.1 Å². The van der Waals surface area contributed by atoms with Crippen molar-refractivity contribution in [2.24, 2.45) is 0 Å². The van der Waals surface area contributed by atoms with Gasteiger partial charge in [-0.25, -0.2) is 4.39 Å². The minimum absolute atomic E-state index is 0.303. The van der Waals surface area contributed by atoms with Gasteiger partial charge in [-0.05, 0) is 29.8 Å². The molecule has 0 saturated heterocycles. The zero-order valence-electron chi connectivity index (χ0n) is 8.63. The molecule has 0 saturated carbocycles. The van der Waals surface area contributed by atoms with E-state index in [0.29, 0.717) is 10.0 Å². The zero-order chi connectivity index (χ0) is 12.4. The Morgan fingerprint density at radius 3 is 2.24 bits per heavy atom. The van der Waals surface area contributed by atoms with E-state index < -0.39 is 5.38 Å². The number of rotatable bonds is 2. The van der Waals surface area contributed by atoms with Gasteiger partial charge in [0, 0.05) is 14.5 Å². The van der Waals surface area contributed by atoms with Crippen LogP contribution in [0.15, 0.2) is 51.4 Å². The monoisotopic (exact) mass is 376 g/mol. The third kappa shape index (κ3) is 2.90. The zero-order valence-corrected chi connectivity index (χ0v) is 12.6. The first-order valence-corrected chi connectivity index (χ1v) is 6.95. The summed E-state index contributed by atoms with van der Waals surface area (Å²) >= 11 is 13.0. The van der Waals surface area contributed by atoms with E-state index in [0.717, 1.165) is 10.0 Å². The maximum Gasteiger partial charge on any atom is 0.129 e. The van der Waals surface area contributed by atoms with Gasteiger partial charge in [-0.2, -0.15) is 0 Å². The molecule has 0 radical (unpaired) electrons. The predicted octanol–water partition coefficient (Wildman–Crippen LogP) is 5.68. The van der Waals surface area contributed by atoms with E-state index in [1.165, 1.54) is 6.07 Å². The Morgan fingerprint density at radius 1 is 1.00 bits per heavy atom. The van der Waals surface area contributed by atoms with Crippen molar-refractivity contribution in [1.29, 1.82) is 0 Å². The third-order valence-corrected chi connectivity index (χ3v) is 4.11. The number of halogens is 4. The molecule has 0 bridgehead atoms. The minimum atomic E-state index is -0.501. The van der Waals surface area contributed by atoms with Crippen LogP contribution in [-0.2, 0) is 0 Å². The summed E-state index contributed by atoms with van der Waals surface area (Å²) in [5, 5.41) is -0.501. The van der Waals surface area contributed by atoms with E-state index >= 15 is 0 Å². The van der Waals surface area contributed by atoms with E-state index in [4.69, 9.17) is 11.6 Å². The normalized spacial score (nSPS) is 12.5. The van der Waals surface area contributed by atoms with Gasteiger partial charge in [0.15, 0.2) is 0 Å². The van der Waals surface area contributed by atoms with Gasteiger partial charge in [0.2, 0.25) is 0 Å². The van der Waals surface area contributed by atoms with Crippen molar-refractivity contribution in [3.05, 3.63) is 68.4 Å². The lowest BCUT2D eigenvalue weighted by Gasteiger charge is -2.13. The molecule has 2 aromatic rings. The predicted molar refractivity (Wildman–Crippen MR) is 75.9 cm³/mol. The SMILES string of the molecule is Fc1cccc(Br)c1C(Cl)c1ccc(Br)cc1. The average Bonchev–Trinajstić information content (AvgIpc) is 2.29. The Bertz CT molecular complexity index is 505. The molecule has 4 heteroatoms. The lowest BCUT2D eigenvalue weighted by atomic mass is 10.0. The average molecular weight is 378 g/mol. The van der Waals surface area contributed by atoms with E-state index in [-0.39, 0.29) is 5.82 Å². The Morgan fingerprint density at radius 2 is 1.65 bits per heavy atom. The molecular weight excluding hydrogens is 370 g/mol. The molecule has 17 heavy (non-hydrogen) atoms. The summed E-state index contributed by atoms with van der Waals surface area (Å²) in [6, 6.07) is 12.4. The fourth-order valence-electron chi connectivity index (χ4n) is 1.55. The second kappa shape index (κ2) is 5.51. The summed E-state index contributed by atoms with van der Waals surface area (Å²) in [6.45, 7) is 0. The van der Waals surface area contributed by atoms with Crippen molar-refractivity contribution < 1.29 is 4.39 Å². The largest absolute Gasteiger partial charge is 0.207 e. The molecule has 0 aromatic heterocycles. The second-order valence-corrected chi connectivity index (χ2v) is 5.76. The molecule has 1 unspecified atom stereocenters. The van der Waals surface area contributed by atoms with Crippen LogP contribution in [-0.4, -0.2) is 0 Å². The third-order valence-electron chi connectivity index (χ3n) is 2.42. The van der Waals surface area contributed by atoms with Crippen LogP contribution in [0.1, 0.15) is 16.5 Å². The van der Waals surface area contributed by atoms with E-state index in [2.05, 4.69) is 31.9 Å². The number of benzene rings is 2. The van der Waals surface area contributed by atoms with Gasteiger partial charge in [0.05, 0.1) is 5.38 Å². The highest BCUT2D eigenvalue weighted by molar-refractivity contribution is 9.10. The van der Waals surface area contributed by atoms with Gasteiger partial charge < -0.3 is 0 Å². The first kappa shape index (κ1) is 13.1. The van der Waals surface area contributed by atoms with Gasteiger partial charge >= 0.3 is 0 Å². The van der Waals surface area contributed by atoms with Crippen LogP contribution in [0, 0.1) is 5.82 Å².